The highest BCUT2D eigenvalue weighted by atomic mass is 16.5. The quantitative estimate of drug-likeness (QED) is 0.534. The van der Waals surface area contributed by atoms with Crippen LogP contribution in [0.4, 0.5) is 0 Å². The topological polar surface area (TPSA) is 73.2 Å². The molecule has 1 aliphatic heterocycles. The van der Waals surface area contributed by atoms with Gasteiger partial charge < -0.3 is 20.1 Å². The number of hydrogen-bond acceptors (Lipinski definition) is 5. The predicted octanol–water partition coefficient (Wildman–Crippen LogP) is -1.33. The summed E-state index contributed by atoms with van der Waals surface area (Å²) in [5.41, 5.74) is -0.509. The van der Waals surface area contributed by atoms with Gasteiger partial charge in [-0.2, -0.15) is 0 Å². The smallest absolute Gasteiger partial charge is 0.0644 e. The van der Waals surface area contributed by atoms with Crippen LogP contribution < -0.4 is 0 Å². The highest BCUT2D eigenvalue weighted by Gasteiger charge is 2.30. The first-order valence-electron chi connectivity index (χ1n) is 5.29. The predicted molar refractivity (Wildman–Crippen MR) is 55.5 cm³/mol. The number of nitrogens with zero attached hydrogens (tertiary/aromatic N) is 1. The minimum atomic E-state index is -0.509. The van der Waals surface area contributed by atoms with E-state index in [-0.39, 0.29) is 25.9 Å². The summed E-state index contributed by atoms with van der Waals surface area (Å²) < 4.78 is 5.26. The molecule has 3 N–H and O–H groups in total. The summed E-state index contributed by atoms with van der Waals surface area (Å²) in [6.45, 7) is 4.24. The third-order valence-electron chi connectivity index (χ3n) is 2.91. The SMILES string of the molecule is CC(CO)(CO)CN1CCOCC1CO. The zero-order valence-corrected chi connectivity index (χ0v) is 9.22. The summed E-state index contributed by atoms with van der Waals surface area (Å²) in [5.74, 6) is 0. The molecule has 5 nitrogen and oxygen atoms in total. The Morgan fingerprint density at radius 2 is 2.00 bits per heavy atom. The lowest BCUT2D eigenvalue weighted by atomic mass is 9.91. The van der Waals surface area contributed by atoms with Crippen molar-refractivity contribution in [1.82, 2.24) is 4.90 Å². The average Bonchev–Trinajstić information content (AvgIpc) is 2.29. The van der Waals surface area contributed by atoms with E-state index in [1.165, 1.54) is 0 Å². The Labute approximate surface area is 90.3 Å². The Hall–Kier alpha value is -0.200. The third-order valence-corrected chi connectivity index (χ3v) is 2.91. The molecule has 0 saturated carbocycles. The molecule has 0 aromatic carbocycles. The van der Waals surface area contributed by atoms with Crippen molar-refractivity contribution in [2.24, 2.45) is 5.41 Å². The number of aliphatic hydroxyl groups excluding tert-OH is 3. The number of morpholine rings is 1. The van der Waals surface area contributed by atoms with E-state index in [4.69, 9.17) is 9.84 Å². The first-order valence-corrected chi connectivity index (χ1v) is 5.29. The first kappa shape index (κ1) is 12.9. The van der Waals surface area contributed by atoms with E-state index < -0.39 is 5.41 Å². The molecule has 1 fully saturated rings. The third kappa shape index (κ3) is 3.39. The molecule has 15 heavy (non-hydrogen) atoms. The summed E-state index contributed by atoms with van der Waals surface area (Å²) in [7, 11) is 0. The molecule has 1 aliphatic rings. The van der Waals surface area contributed by atoms with E-state index in [0.717, 1.165) is 6.54 Å². The van der Waals surface area contributed by atoms with Crippen molar-refractivity contribution in [3.63, 3.8) is 0 Å². The molecular formula is C10H21NO4. The molecule has 90 valence electrons. The summed E-state index contributed by atoms with van der Waals surface area (Å²) in [6.07, 6.45) is 0. The Morgan fingerprint density at radius 1 is 1.33 bits per heavy atom. The Kier molecular flexibility index (Phi) is 4.95. The second-order valence-corrected chi connectivity index (χ2v) is 4.51. The second-order valence-electron chi connectivity index (χ2n) is 4.51. The maximum Gasteiger partial charge on any atom is 0.0644 e. The summed E-state index contributed by atoms with van der Waals surface area (Å²) in [5, 5.41) is 27.5. The second kappa shape index (κ2) is 5.77. The van der Waals surface area contributed by atoms with E-state index in [2.05, 4.69) is 4.90 Å². The largest absolute Gasteiger partial charge is 0.396 e. The molecule has 0 spiro atoms. The van der Waals surface area contributed by atoms with E-state index in [1.807, 2.05) is 6.92 Å². The summed E-state index contributed by atoms with van der Waals surface area (Å²) >= 11 is 0. The Morgan fingerprint density at radius 3 is 2.53 bits per heavy atom. The van der Waals surface area contributed by atoms with Gasteiger partial charge in [0.2, 0.25) is 0 Å². The fourth-order valence-electron chi connectivity index (χ4n) is 1.71. The van der Waals surface area contributed by atoms with Gasteiger partial charge in [0.25, 0.3) is 0 Å². The van der Waals surface area contributed by atoms with Gasteiger partial charge in [0.1, 0.15) is 0 Å². The van der Waals surface area contributed by atoms with Gasteiger partial charge in [-0.1, -0.05) is 6.92 Å². The van der Waals surface area contributed by atoms with Crippen LogP contribution in [0.3, 0.4) is 0 Å². The van der Waals surface area contributed by atoms with E-state index >= 15 is 0 Å². The van der Waals surface area contributed by atoms with Crippen LogP contribution in [-0.2, 0) is 4.74 Å². The number of aliphatic hydroxyl groups is 3. The van der Waals surface area contributed by atoms with Crippen molar-refractivity contribution >= 4 is 0 Å². The highest BCUT2D eigenvalue weighted by molar-refractivity contribution is 4.82. The van der Waals surface area contributed by atoms with Gasteiger partial charge >= 0.3 is 0 Å². The van der Waals surface area contributed by atoms with Crippen LogP contribution in [0.15, 0.2) is 0 Å². The molecule has 1 unspecified atom stereocenters. The maximum atomic E-state index is 9.19. The molecule has 0 aromatic rings. The molecule has 0 bridgehead atoms. The van der Waals surface area contributed by atoms with Crippen LogP contribution in [-0.4, -0.2) is 72.4 Å². The van der Waals surface area contributed by atoms with Crippen molar-refractivity contribution < 1.29 is 20.1 Å². The van der Waals surface area contributed by atoms with Gasteiger partial charge in [0.15, 0.2) is 0 Å². The Bertz CT molecular complexity index is 184. The standard InChI is InChI=1S/C10H21NO4/c1-10(7-13,8-14)6-11-2-3-15-5-9(11)4-12/h9,12-14H,2-8H2,1H3. The van der Waals surface area contributed by atoms with Crippen LogP contribution in [0.2, 0.25) is 0 Å². The zero-order chi connectivity index (χ0) is 11.3. The van der Waals surface area contributed by atoms with Crippen LogP contribution in [0.1, 0.15) is 6.92 Å². The lowest BCUT2D eigenvalue weighted by molar-refractivity contribution is -0.0583. The fraction of sp³-hybridized carbons (Fsp3) is 1.00. The lowest BCUT2D eigenvalue weighted by Crippen LogP contribution is -2.52. The molecule has 0 amide bonds. The minimum Gasteiger partial charge on any atom is -0.396 e. The van der Waals surface area contributed by atoms with Crippen molar-refractivity contribution in [1.29, 1.82) is 0 Å². The number of ether oxygens (including phenoxy) is 1. The normalized spacial score (nSPS) is 24.4. The van der Waals surface area contributed by atoms with Crippen LogP contribution >= 0.6 is 0 Å². The number of hydrogen-bond donors (Lipinski definition) is 3. The highest BCUT2D eigenvalue weighted by Crippen LogP contribution is 2.19. The van der Waals surface area contributed by atoms with Crippen LogP contribution in [0.25, 0.3) is 0 Å². The molecule has 0 aliphatic carbocycles. The lowest BCUT2D eigenvalue weighted by Gasteiger charge is -2.39. The molecule has 5 heteroatoms. The van der Waals surface area contributed by atoms with Crippen molar-refractivity contribution in [2.75, 3.05) is 46.1 Å². The van der Waals surface area contributed by atoms with E-state index in [9.17, 15) is 10.2 Å². The van der Waals surface area contributed by atoms with Crippen molar-refractivity contribution in [2.45, 2.75) is 13.0 Å². The summed E-state index contributed by atoms with van der Waals surface area (Å²) in [6, 6.07) is -0.0174. The van der Waals surface area contributed by atoms with Crippen LogP contribution in [0, 0.1) is 5.41 Å². The fourth-order valence-corrected chi connectivity index (χ4v) is 1.71. The van der Waals surface area contributed by atoms with Gasteiger partial charge in [0, 0.05) is 18.5 Å². The summed E-state index contributed by atoms with van der Waals surface area (Å²) in [4.78, 5) is 2.07. The van der Waals surface area contributed by atoms with E-state index in [0.29, 0.717) is 19.8 Å². The Balaban J connectivity index is 2.53. The van der Waals surface area contributed by atoms with Gasteiger partial charge in [-0.25, -0.2) is 0 Å². The van der Waals surface area contributed by atoms with Gasteiger partial charge in [-0.3, -0.25) is 4.90 Å². The van der Waals surface area contributed by atoms with Gasteiger partial charge in [0.05, 0.1) is 39.1 Å². The molecule has 1 heterocycles. The van der Waals surface area contributed by atoms with Gasteiger partial charge in [-0.05, 0) is 0 Å². The monoisotopic (exact) mass is 219 g/mol. The molecule has 1 saturated heterocycles. The van der Waals surface area contributed by atoms with E-state index in [1.54, 1.807) is 0 Å². The molecule has 1 atom stereocenters. The van der Waals surface area contributed by atoms with Crippen molar-refractivity contribution in [3.05, 3.63) is 0 Å². The molecule has 0 aromatic heterocycles. The molecule has 0 radical (unpaired) electrons. The van der Waals surface area contributed by atoms with Gasteiger partial charge in [-0.15, -0.1) is 0 Å². The average molecular weight is 219 g/mol. The maximum absolute atomic E-state index is 9.19. The minimum absolute atomic E-state index is 0.0174. The van der Waals surface area contributed by atoms with Crippen molar-refractivity contribution in [3.8, 4) is 0 Å². The molecule has 1 rings (SSSR count). The number of rotatable bonds is 5. The molecular weight excluding hydrogens is 198 g/mol. The zero-order valence-electron chi connectivity index (χ0n) is 9.22. The van der Waals surface area contributed by atoms with Crippen LogP contribution in [0.5, 0.6) is 0 Å². The first-order chi connectivity index (χ1) is 7.15.